The molecule has 0 aromatic heterocycles. The van der Waals surface area contributed by atoms with Crippen molar-refractivity contribution in [2.45, 2.75) is 11.3 Å². The lowest BCUT2D eigenvalue weighted by Crippen LogP contribution is -2.15. The van der Waals surface area contributed by atoms with Crippen molar-refractivity contribution in [2.24, 2.45) is 0 Å². The second kappa shape index (κ2) is 8.58. The smallest absolute Gasteiger partial charge is 0.261 e. The molecule has 0 heterocycles. The third kappa shape index (κ3) is 5.11. The summed E-state index contributed by atoms with van der Waals surface area (Å²) >= 11 is 0. The van der Waals surface area contributed by atoms with Crippen molar-refractivity contribution in [1.29, 1.82) is 0 Å². The zero-order valence-corrected chi connectivity index (χ0v) is 16.1. The van der Waals surface area contributed by atoms with Crippen LogP contribution in [0.4, 0.5) is 11.4 Å². The van der Waals surface area contributed by atoms with E-state index in [1.54, 1.807) is 61.7 Å². The van der Waals surface area contributed by atoms with Crippen LogP contribution in [0, 0.1) is 0 Å². The lowest BCUT2D eigenvalue weighted by atomic mass is 10.1. The zero-order chi connectivity index (χ0) is 20.0. The second-order valence-corrected chi connectivity index (χ2v) is 7.75. The highest BCUT2D eigenvalue weighted by Gasteiger charge is 2.14. The Bertz CT molecular complexity index is 1030. The number of hydrogen-bond donors (Lipinski definition) is 2. The van der Waals surface area contributed by atoms with Gasteiger partial charge in [0.05, 0.1) is 18.4 Å². The van der Waals surface area contributed by atoms with Crippen molar-refractivity contribution in [3.8, 4) is 5.75 Å². The summed E-state index contributed by atoms with van der Waals surface area (Å²) in [5, 5.41) is 2.76. The number of anilines is 2. The minimum absolute atomic E-state index is 0.115. The van der Waals surface area contributed by atoms with Gasteiger partial charge in [-0.25, -0.2) is 8.42 Å². The summed E-state index contributed by atoms with van der Waals surface area (Å²) in [5.41, 5.74) is 1.86. The first-order valence-electron chi connectivity index (χ1n) is 8.57. The van der Waals surface area contributed by atoms with Crippen molar-refractivity contribution >= 4 is 27.3 Å². The zero-order valence-electron chi connectivity index (χ0n) is 15.3. The summed E-state index contributed by atoms with van der Waals surface area (Å²) < 4.78 is 32.4. The molecule has 0 aliphatic carbocycles. The molecule has 28 heavy (non-hydrogen) atoms. The molecule has 0 fully saturated rings. The predicted octanol–water partition coefficient (Wildman–Crippen LogP) is 3.68. The van der Waals surface area contributed by atoms with Gasteiger partial charge in [-0.05, 0) is 54.1 Å². The van der Waals surface area contributed by atoms with E-state index >= 15 is 0 Å². The quantitative estimate of drug-likeness (QED) is 0.638. The van der Waals surface area contributed by atoms with E-state index in [0.717, 1.165) is 11.3 Å². The SMILES string of the molecule is COc1ccc(CC(=O)Nc2ccc(S(=O)(=O)Nc3ccccc3)cc2)cc1. The van der Waals surface area contributed by atoms with Gasteiger partial charge >= 0.3 is 0 Å². The van der Waals surface area contributed by atoms with Crippen LogP contribution in [0.25, 0.3) is 0 Å². The van der Waals surface area contributed by atoms with Crippen LogP contribution in [-0.4, -0.2) is 21.4 Å². The number of amides is 1. The Morgan fingerprint density at radius 1 is 0.857 bits per heavy atom. The van der Waals surface area contributed by atoms with Crippen molar-refractivity contribution in [1.82, 2.24) is 0 Å². The van der Waals surface area contributed by atoms with Gasteiger partial charge in [-0.15, -0.1) is 0 Å². The fourth-order valence-electron chi connectivity index (χ4n) is 2.57. The number of methoxy groups -OCH3 is 1. The fraction of sp³-hybridized carbons (Fsp3) is 0.0952. The van der Waals surface area contributed by atoms with Gasteiger partial charge < -0.3 is 10.1 Å². The standard InChI is InChI=1S/C21H20N2O4S/c1-27-19-11-7-16(8-12-19)15-21(24)22-17-9-13-20(14-10-17)28(25,26)23-18-5-3-2-4-6-18/h2-14,23H,15H2,1H3,(H,22,24). The van der Waals surface area contributed by atoms with E-state index in [9.17, 15) is 13.2 Å². The maximum Gasteiger partial charge on any atom is 0.261 e. The lowest BCUT2D eigenvalue weighted by molar-refractivity contribution is -0.115. The van der Waals surface area contributed by atoms with E-state index in [0.29, 0.717) is 11.4 Å². The summed E-state index contributed by atoms with van der Waals surface area (Å²) in [4.78, 5) is 12.3. The first-order chi connectivity index (χ1) is 13.5. The summed E-state index contributed by atoms with van der Waals surface area (Å²) in [6, 6.07) is 21.9. The van der Waals surface area contributed by atoms with Gasteiger partial charge in [0.1, 0.15) is 5.75 Å². The van der Waals surface area contributed by atoms with E-state index in [1.165, 1.54) is 12.1 Å². The number of nitrogens with one attached hydrogen (secondary N) is 2. The van der Waals surface area contributed by atoms with E-state index in [-0.39, 0.29) is 17.2 Å². The number of rotatable bonds is 7. The molecule has 0 spiro atoms. The maximum atomic E-state index is 12.4. The molecule has 3 rings (SSSR count). The molecule has 0 aliphatic rings. The molecule has 0 bridgehead atoms. The normalized spacial score (nSPS) is 10.9. The number of sulfonamides is 1. The van der Waals surface area contributed by atoms with E-state index in [2.05, 4.69) is 10.0 Å². The van der Waals surface area contributed by atoms with Gasteiger partial charge in [-0.2, -0.15) is 0 Å². The van der Waals surface area contributed by atoms with E-state index in [4.69, 9.17) is 4.74 Å². The van der Waals surface area contributed by atoms with Crippen molar-refractivity contribution in [2.75, 3.05) is 17.1 Å². The van der Waals surface area contributed by atoms with Gasteiger partial charge in [0.15, 0.2) is 0 Å². The van der Waals surface area contributed by atoms with Gasteiger partial charge in [0.2, 0.25) is 5.91 Å². The highest BCUT2D eigenvalue weighted by Crippen LogP contribution is 2.18. The van der Waals surface area contributed by atoms with Crippen LogP contribution in [0.3, 0.4) is 0 Å². The Kier molecular flexibility index (Phi) is 5.96. The van der Waals surface area contributed by atoms with Crippen LogP contribution in [0.1, 0.15) is 5.56 Å². The topological polar surface area (TPSA) is 84.5 Å². The first-order valence-corrected chi connectivity index (χ1v) is 10.1. The van der Waals surface area contributed by atoms with Crippen LogP contribution < -0.4 is 14.8 Å². The Hall–Kier alpha value is -3.32. The number of para-hydroxylation sites is 1. The van der Waals surface area contributed by atoms with Crippen molar-refractivity contribution in [3.63, 3.8) is 0 Å². The molecule has 0 radical (unpaired) electrons. The Labute approximate surface area is 164 Å². The van der Waals surface area contributed by atoms with Crippen LogP contribution in [0.15, 0.2) is 83.8 Å². The predicted molar refractivity (Wildman–Crippen MR) is 109 cm³/mol. The second-order valence-electron chi connectivity index (χ2n) is 6.07. The minimum atomic E-state index is -3.69. The molecule has 0 saturated carbocycles. The van der Waals surface area contributed by atoms with Crippen LogP contribution >= 0.6 is 0 Å². The average Bonchev–Trinajstić information content (AvgIpc) is 2.69. The van der Waals surface area contributed by atoms with Crippen molar-refractivity contribution in [3.05, 3.63) is 84.4 Å². The van der Waals surface area contributed by atoms with E-state index < -0.39 is 10.0 Å². The summed E-state index contributed by atoms with van der Waals surface area (Å²) in [7, 11) is -2.10. The molecule has 0 saturated heterocycles. The number of ether oxygens (including phenoxy) is 1. The third-order valence-corrected chi connectivity index (χ3v) is 5.40. The molecule has 3 aromatic carbocycles. The molecule has 3 aromatic rings. The van der Waals surface area contributed by atoms with Crippen LogP contribution in [0.5, 0.6) is 5.75 Å². The van der Waals surface area contributed by atoms with Gasteiger partial charge in [0.25, 0.3) is 10.0 Å². The lowest BCUT2D eigenvalue weighted by Gasteiger charge is -2.09. The Morgan fingerprint density at radius 2 is 1.50 bits per heavy atom. The molecule has 0 unspecified atom stereocenters. The summed E-state index contributed by atoms with van der Waals surface area (Å²) in [6.45, 7) is 0. The van der Waals surface area contributed by atoms with Gasteiger partial charge in [-0.3, -0.25) is 9.52 Å². The molecule has 0 aliphatic heterocycles. The van der Waals surface area contributed by atoms with Gasteiger partial charge in [0, 0.05) is 11.4 Å². The van der Waals surface area contributed by atoms with Crippen LogP contribution in [-0.2, 0) is 21.2 Å². The third-order valence-electron chi connectivity index (χ3n) is 4.00. The summed E-state index contributed by atoms with van der Waals surface area (Å²) in [6.07, 6.45) is 0.208. The Balaban J connectivity index is 1.62. The summed E-state index contributed by atoms with van der Waals surface area (Å²) in [5.74, 6) is 0.535. The molecule has 6 nitrogen and oxygen atoms in total. The largest absolute Gasteiger partial charge is 0.497 e. The number of carbonyl (C=O) groups excluding carboxylic acids is 1. The molecule has 144 valence electrons. The highest BCUT2D eigenvalue weighted by atomic mass is 32.2. The fourth-order valence-corrected chi connectivity index (χ4v) is 3.63. The Morgan fingerprint density at radius 3 is 2.11 bits per heavy atom. The molecule has 7 heteroatoms. The maximum absolute atomic E-state index is 12.4. The molecule has 1 amide bonds. The molecular formula is C21H20N2O4S. The average molecular weight is 396 g/mol. The number of benzene rings is 3. The monoisotopic (exact) mass is 396 g/mol. The number of hydrogen-bond acceptors (Lipinski definition) is 4. The van der Waals surface area contributed by atoms with Crippen molar-refractivity contribution < 1.29 is 17.9 Å². The van der Waals surface area contributed by atoms with Crippen LogP contribution in [0.2, 0.25) is 0 Å². The molecular weight excluding hydrogens is 376 g/mol. The van der Waals surface area contributed by atoms with E-state index in [1.807, 2.05) is 12.1 Å². The van der Waals surface area contributed by atoms with Gasteiger partial charge in [-0.1, -0.05) is 30.3 Å². The molecule has 0 atom stereocenters. The highest BCUT2D eigenvalue weighted by molar-refractivity contribution is 7.92. The number of carbonyl (C=O) groups is 1. The molecule has 2 N–H and O–H groups in total. The first kappa shape index (κ1) is 19.4. The minimum Gasteiger partial charge on any atom is -0.497 e.